The monoisotopic (exact) mass is 339 g/mol. The molecule has 0 radical (unpaired) electrons. The molecule has 0 aromatic heterocycles. The highest BCUT2D eigenvalue weighted by atomic mass is 16.6. The van der Waals surface area contributed by atoms with Crippen molar-refractivity contribution < 1.29 is 28.6 Å². The zero-order chi connectivity index (χ0) is 18.5. The molecule has 1 N–H and O–H groups in total. The van der Waals surface area contributed by atoms with E-state index in [2.05, 4.69) is 11.9 Å². The third-order valence-corrected chi connectivity index (χ3v) is 3.44. The Bertz CT molecular complexity index is 572. The molecule has 0 aromatic rings. The van der Waals surface area contributed by atoms with Crippen molar-refractivity contribution in [2.24, 2.45) is 0 Å². The molecule has 0 spiro atoms. The molecule has 1 atom stereocenters. The predicted molar refractivity (Wildman–Crippen MR) is 86.8 cm³/mol. The lowest BCUT2D eigenvalue weighted by molar-refractivity contribution is -0.180. The van der Waals surface area contributed by atoms with E-state index in [0.717, 1.165) is 0 Å². The van der Waals surface area contributed by atoms with E-state index in [9.17, 15) is 14.4 Å². The van der Waals surface area contributed by atoms with Gasteiger partial charge >= 0.3 is 11.9 Å². The number of nitrogens with one attached hydrogen (secondary N) is 1. The molecule has 1 amide bonds. The number of hydrogen-bond acceptors (Lipinski definition) is 6. The minimum Gasteiger partial charge on any atom is -0.461 e. The average Bonchev–Trinajstić information content (AvgIpc) is 2.73. The number of ether oxygens (including phenoxy) is 3. The van der Waals surface area contributed by atoms with Gasteiger partial charge in [0.05, 0.1) is 0 Å². The summed E-state index contributed by atoms with van der Waals surface area (Å²) in [6.07, 6.45) is 1.60. The quantitative estimate of drug-likeness (QED) is 0.560. The van der Waals surface area contributed by atoms with Gasteiger partial charge in [0.1, 0.15) is 12.2 Å². The van der Waals surface area contributed by atoms with Gasteiger partial charge in [0.25, 0.3) is 5.72 Å². The lowest BCUT2D eigenvalue weighted by atomic mass is 9.96. The Morgan fingerprint density at radius 2 is 1.96 bits per heavy atom. The zero-order valence-electron chi connectivity index (χ0n) is 14.9. The predicted octanol–water partition coefficient (Wildman–Crippen LogP) is 1.63. The van der Waals surface area contributed by atoms with E-state index in [0.29, 0.717) is 11.1 Å². The van der Waals surface area contributed by atoms with Crippen LogP contribution in [0.4, 0.5) is 0 Å². The molecular formula is C17H25NO6. The van der Waals surface area contributed by atoms with Gasteiger partial charge in [0, 0.05) is 24.7 Å². The largest absolute Gasteiger partial charge is 0.461 e. The maximum Gasteiger partial charge on any atom is 0.365 e. The van der Waals surface area contributed by atoms with Crippen molar-refractivity contribution in [3.8, 4) is 0 Å². The van der Waals surface area contributed by atoms with E-state index in [-0.39, 0.29) is 19.4 Å². The van der Waals surface area contributed by atoms with Gasteiger partial charge in [0.2, 0.25) is 5.91 Å². The fourth-order valence-electron chi connectivity index (χ4n) is 2.33. The smallest absolute Gasteiger partial charge is 0.365 e. The Labute approximate surface area is 142 Å². The van der Waals surface area contributed by atoms with Crippen LogP contribution in [-0.4, -0.2) is 42.9 Å². The number of carbonyl (C=O) groups is 3. The van der Waals surface area contributed by atoms with Gasteiger partial charge < -0.3 is 19.5 Å². The van der Waals surface area contributed by atoms with E-state index in [1.165, 1.54) is 13.2 Å². The van der Waals surface area contributed by atoms with E-state index < -0.39 is 29.2 Å². The molecule has 24 heavy (non-hydrogen) atoms. The number of rotatable bonds is 7. The Morgan fingerprint density at radius 3 is 2.46 bits per heavy atom. The Balaban J connectivity index is 3.02. The SMILES string of the molecule is C=CCOC(=O)CCC1=C(C)C(=O)NC1(OC)C(=O)OC(C)(C)C. The van der Waals surface area contributed by atoms with Crippen molar-refractivity contribution in [3.05, 3.63) is 23.8 Å². The minimum absolute atomic E-state index is 0.00335. The first kappa shape index (κ1) is 19.9. The number of amides is 1. The third-order valence-electron chi connectivity index (χ3n) is 3.44. The van der Waals surface area contributed by atoms with Crippen LogP contribution in [0.15, 0.2) is 23.8 Å². The first-order valence-corrected chi connectivity index (χ1v) is 7.65. The van der Waals surface area contributed by atoms with Gasteiger partial charge in [-0.05, 0) is 34.1 Å². The molecule has 1 unspecified atom stereocenters. The molecular weight excluding hydrogens is 314 g/mol. The lowest BCUT2D eigenvalue weighted by Gasteiger charge is -2.32. The normalized spacial score (nSPS) is 20.6. The van der Waals surface area contributed by atoms with Crippen molar-refractivity contribution in [3.63, 3.8) is 0 Å². The summed E-state index contributed by atoms with van der Waals surface area (Å²) in [6, 6.07) is 0. The second-order valence-corrected chi connectivity index (χ2v) is 6.42. The number of esters is 2. The molecule has 0 aromatic carbocycles. The van der Waals surface area contributed by atoms with Crippen LogP contribution < -0.4 is 5.32 Å². The highest BCUT2D eigenvalue weighted by Crippen LogP contribution is 2.34. The summed E-state index contributed by atoms with van der Waals surface area (Å²) in [5.41, 5.74) is -1.76. The fourth-order valence-corrected chi connectivity index (χ4v) is 2.33. The topological polar surface area (TPSA) is 90.9 Å². The van der Waals surface area contributed by atoms with Gasteiger partial charge in [-0.25, -0.2) is 4.79 Å². The van der Waals surface area contributed by atoms with E-state index >= 15 is 0 Å². The van der Waals surface area contributed by atoms with Gasteiger partial charge in [-0.2, -0.15) is 0 Å². The summed E-state index contributed by atoms with van der Waals surface area (Å²) in [6.45, 7) is 10.3. The first-order chi connectivity index (χ1) is 11.1. The van der Waals surface area contributed by atoms with Crippen LogP contribution in [0.1, 0.15) is 40.5 Å². The minimum atomic E-state index is -1.72. The third kappa shape index (κ3) is 4.44. The van der Waals surface area contributed by atoms with E-state index in [4.69, 9.17) is 14.2 Å². The van der Waals surface area contributed by atoms with Crippen molar-refractivity contribution >= 4 is 17.8 Å². The van der Waals surface area contributed by atoms with Crippen LogP contribution in [0, 0.1) is 0 Å². The Morgan fingerprint density at radius 1 is 1.33 bits per heavy atom. The summed E-state index contributed by atoms with van der Waals surface area (Å²) in [4.78, 5) is 36.4. The summed E-state index contributed by atoms with van der Waals surface area (Å²) in [5.74, 6) is -1.61. The van der Waals surface area contributed by atoms with Crippen LogP contribution in [-0.2, 0) is 28.6 Å². The lowest BCUT2D eigenvalue weighted by Crippen LogP contribution is -2.55. The zero-order valence-corrected chi connectivity index (χ0v) is 14.9. The second-order valence-electron chi connectivity index (χ2n) is 6.42. The summed E-state index contributed by atoms with van der Waals surface area (Å²) in [5, 5.41) is 2.53. The maximum atomic E-state index is 12.6. The Hall–Kier alpha value is -2.15. The van der Waals surface area contributed by atoms with E-state index in [1.807, 2.05) is 0 Å². The first-order valence-electron chi connectivity index (χ1n) is 7.65. The maximum absolute atomic E-state index is 12.6. The van der Waals surface area contributed by atoms with Crippen molar-refractivity contribution in [2.75, 3.05) is 13.7 Å². The molecule has 134 valence electrons. The summed E-state index contributed by atoms with van der Waals surface area (Å²) < 4.78 is 15.6. The molecule has 0 saturated heterocycles. The summed E-state index contributed by atoms with van der Waals surface area (Å²) in [7, 11) is 1.30. The van der Waals surface area contributed by atoms with Crippen LogP contribution >= 0.6 is 0 Å². The van der Waals surface area contributed by atoms with Crippen LogP contribution in [0.5, 0.6) is 0 Å². The second kappa shape index (κ2) is 7.61. The molecule has 1 aliphatic rings. The molecule has 1 aliphatic heterocycles. The molecule has 0 aliphatic carbocycles. The van der Waals surface area contributed by atoms with Crippen molar-refractivity contribution in [1.82, 2.24) is 5.32 Å². The van der Waals surface area contributed by atoms with Crippen LogP contribution in [0.2, 0.25) is 0 Å². The molecule has 7 heteroatoms. The van der Waals surface area contributed by atoms with Gasteiger partial charge in [0.15, 0.2) is 0 Å². The molecule has 0 fully saturated rings. The van der Waals surface area contributed by atoms with Gasteiger partial charge in [-0.3, -0.25) is 9.59 Å². The molecule has 7 nitrogen and oxygen atoms in total. The average molecular weight is 339 g/mol. The summed E-state index contributed by atoms with van der Waals surface area (Å²) >= 11 is 0. The number of methoxy groups -OCH3 is 1. The van der Waals surface area contributed by atoms with Crippen LogP contribution in [0.25, 0.3) is 0 Å². The fraction of sp³-hybridized carbons (Fsp3) is 0.588. The standard InChI is InChI=1S/C17H25NO6/c1-7-10-23-13(19)9-8-12-11(2)14(20)18-17(12,22-6)15(21)24-16(3,4)5/h7H,1,8-10H2,2-6H3,(H,18,20). The van der Waals surface area contributed by atoms with Crippen molar-refractivity contribution in [2.45, 2.75) is 51.9 Å². The molecule has 1 heterocycles. The van der Waals surface area contributed by atoms with Crippen LogP contribution in [0.3, 0.4) is 0 Å². The highest BCUT2D eigenvalue weighted by Gasteiger charge is 2.52. The van der Waals surface area contributed by atoms with Gasteiger partial charge in [-0.15, -0.1) is 0 Å². The Kier molecular flexibility index (Phi) is 6.31. The molecule has 0 bridgehead atoms. The molecule has 1 rings (SSSR count). The van der Waals surface area contributed by atoms with Crippen molar-refractivity contribution in [1.29, 1.82) is 0 Å². The highest BCUT2D eigenvalue weighted by molar-refractivity contribution is 6.04. The van der Waals surface area contributed by atoms with E-state index in [1.54, 1.807) is 27.7 Å². The number of hydrogen-bond donors (Lipinski definition) is 1. The molecule has 0 saturated carbocycles. The number of carbonyl (C=O) groups excluding carboxylic acids is 3. The van der Waals surface area contributed by atoms with Gasteiger partial charge in [-0.1, -0.05) is 12.7 Å².